The van der Waals surface area contributed by atoms with Gasteiger partial charge in [-0.2, -0.15) is 0 Å². The van der Waals surface area contributed by atoms with Crippen molar-refractivity contribution in [3.05, 3.63) is 23.8 Å². The fourth-order valence-corrected chi connectivity index (χ4v) is 2.10. The molecular formula is C18H25F2N3O5. The number of carbonyl (C=O) groups excluding carboxylic acids is 3. The Morgan fingerprint density at radius 3 is 2.07 bits per heavy atom. The number of anilines is 2. The van der Waals surface area contributed by atoms with Crippen molar-refractivity contribution in [1.82, 2.24) is 5.32 Å². The van der Waals surface area contributed by atoms with Crippen LogP contribution in [0.1, 0.15) is 34.1 Å². The molecule has 0 aliphatic carbocycles. The minimum Gasteiger partial charge on any atom is -0.444 e. The van der Waals surface area contributed by atoms with E-state index in [9.17, 15) is 23.2 Å². The molecule has 0 saturated heterocycles. The average molecular weight is 401 g/mol. The zero-order valence-electron chi connectivity index (χ0n) is 16.4. The molecule has 1 atom stereocenters. The van der Waals surface area contributed by atoms with Gasteiger partial charge >= 0.3 is 6.09 Å². The van der Waals surface area contributed by atoms with Crippen molar-refractivity contribution in [3.8, 4) is 0 Å². The predicted molar refractivity (Wildman–Crippen MR) is 98.9 cm³/mol. The number of rotatable bonds is 7. The standard InChI is InChI=1S/C18H25F2N3O5/c1-10(24)22-14-7-12(19)13(20)8-15(14)23-16(25)6-11(27-5)9-21-17(26)28-18(2,3)4/h7-8,11H,6,9H2,1-5H3,(H,21,26)(H,22,24)(H,23,25)/t11-/m0/s1. The lowest BCUT2D eigenvalue weighted by atomic mass is 10.2. The molecule has 28 heavy (non-hydrogen) atoms. The van der Waals surface area contributed by atoms with E-state index < -0.39 is 41.2 Å². The van der Waals surface area contributed by atoms with Crippen LogP contribution in [0.25, 0.3) is 0 Å². The average Bonchev–Trinajstić information content (AvgIpc) is 2.54. The van der Waals surface area contributed by atoms with Crippen molar-refractivity contribution in [2.75, 3.05) is 24.3 Å². The summed E-state index contributed by atoms with van der Waals surface area (Å²) >= 11 is 0. The van der Waals surface area contributed by atoms with Crippen LogP contribution in [0.5, 0.6) is 0 Å². The summed E-state index contributed by atoms with van der Waals surface area (Å²) in [7, 11) is 1.36. The molecule has 0 saturated carbocycles. The first kappa shape index (κ1) is 23.3. The van der Waals surface area contributed by atoms with Gasteiger partial charge in [0.1, 0.15) is 5.60 Å². The van der Waals surface area contributed by atoms with Gasteiger partial charge in [0, 0.05) is 32.7 Å². The summed E-state index contributed by atoms with van der Waals surface area (Å²) in [4.78, 5) is 35.1. The van der Waals surface area contributed by atoms with Gasteiger partial charge in [0.25, 0.3) is 0 Å². The maximum Gasteiger partial charge on any atom is 0.407 e. The van der Waals surface area contributed by atoms with Gasteiger partial charge in [-0.3, -0.25) is 9.59 Å². The second kappa shape index (κ2) is 9.98. The first-order valence-electron chi connectivity index (χ1n) is 8.47. The molecule has 0 radical (unpaired) electrons. The Morgan fingerprint density at radius 1 is 1.07 bits per heavy atom. The number of halogens is 2. The molecule has 10 heteroatoms. The Hall–Kier alpha value is -2.75. The Morgan fingerprint density at radius 2 is 1.61 bits per heavy atom. The number of ether oxygens (including phenoxy) is 2. The maximum atomic E-state index is 13.5. The molecule has 0 aliphatic heterocycles. The predicted octanol–water partition coefficient (Wildman–Crippen LogP) is 2.79. The zero-order valence-corrected chi connectivity index (χ0v) is 16.4. The molecule has 0 unspecified atom stereocenters. The van der Waals surface area contributed by atoms with Gasteiger partial charge < -0.3 is 25.4 Å². The van der Waals surface area contributed by atoms with Crippen molar-refractivity contribution >= 4 is 29.3 Å². The number of benzene rings is 1. The number of methoxy groups -OCH3 is 1. The summed E-state index contributed by atoms with van der Waals surface area (Å²) in [6, 6.07) is 1.53. The summed E-state index contributed by atoms with van der Waals surface area (Å²) in [6.07, 6.45) is -1.55. The van der Waals surface area contributed by atoms with E-state index in [1.807, 2.05) is 0 Å². The lowest BCUT2D eigenvalue weighted by Crippen LogP contribution is -2.38. The first-order valence-corrected chi connectivity index (χ1v) is 8.47. The number of carbonyl (C=O) groups is 3. The highest BCUT2D eigenvalue weighted by Gasteiger charge is 2.20. The van der Waals surface area contributed by atoms with Crippen LogP contribution < -0.4 is 16.0 Å². The molecule has 1 rings (SSSR count). The molecule has 3 N–H and O–H groups in total. The summed E-state index contributed by atoms with van der Waals surface area (Å²) < 4.78 is 37.1. The second-order valence-corrected chi connectivity index (χ2v) is 6.99. The fourth-order valence-electron chi connectivity index (χ4n) is 2.10. The second-order valence-electron chi connectivity index (χ2n) is 6.99. The summed E-state index contributed by atoms with van der Waals surface area (Å²) in [5, 5.41) is 7.18. The van der Waals surface area contributed by atoms with E-state index in [2.05, 4.69) is 16.0 Å². The van der Waals surface area contributed by atoms with Gasteiger partial charge in [-0.15, -0.1) is 0 Å². The van der Waals surface area contributed by atoms with Gasteiger partial charge in [0.15, 0.2) is 11.6 Å². The van der Waals surface area contributed by atoms with E-state index in [4.69, 9.17) is 9.47 Å². The molecule has 156 valence electrons. The third-order valence-corrected chi connectivity index (χ3v) is 3.26. The van der Waals surface area contributed by atoms with Crippen molar-refractivity contribution in [1.29, 1.82) is 0 Å². The highest BCUT2D eigenvalue weighted by atomic mass is 19.2. The van der Waals surface area contributed by atoms with E-state index in [0.29, 0.717) is 0 Å². The largest absolute Gasteiger partial charge is 0.444 e. The first-order chi connectivity index (χ1) is 12.9. The van der Waals surface area contributed by atoms with E-state index in [0.717, 1.165) is 12.1 Å². The normalized spacial score (nSPS) is 12.1. The molecular weight excluding hydrogens is 376 g/mol. The smallest absolute Gasteiger partial charge is 0.407 e. The number of hydrogen-bond donors (Lipinski definition) is 3. The molecule has 0 spiro atoms. The van der Waals surface area contributed by atoms with Crippen molar-refractivity contribution in [3.63, 3.8) is 0 Å². The van der Waals surface area contributed by atoms with Crippen LogP contribution in [0.2, 0.25) is 0 Å². The summed E-state index contributed by atoms with van der Waals surface area (Å²) in [5.74, 6) is -3.45. The molecule has 0 aliphatic rings. The molecule has 1 aromatic carbocycles. The molecule has 0 bridgehead atoms. The quantitative estimate of drug-likeness (QED) is 0.652. The van der Waals surface area contributed by atoms with Crippen molar-refractivity contribution in [2.45, 2.75) is 45.8 Å². The minimum atomic E-state index is -1.18. The van der Waals surface area contributed by atoms with Gasteiger partial charge in [0.05, 0.1) is 23.9 Å². The molecule has 0 heterocycles. The SMILES string of the molecule is CO[C@H](CNC(=O)OC(C)(C)C)CC(=O)Nc1cc(F)c(F)cc1NC(C)=O. The van der Waals surface area contributed by atoms with Crippen LogP contribution in [0.4, 0.5) is 25.0 Å². The minimum absolute atomic E-state index is 0.00480. The monoisotopic (exact) mass is 401 g/mol. The number of alkyl carbamates (subject to hydrolysis) is 1. The zero-order chi connectivity index (χ0) is 21.5. The Bertz CT molecular complexity index is 735. The molecule has 8 nitrogen and oxygen atoms in total. The van der Waals surface area contributed by atoms with Crippen molar-refractivity contribution < 1.29 is 32.6 Å². The highest BCUT2D eigenvalue weighted by molar-refractivity contribution is 5.99. The number of amides is 3. The topological polar surface area (TPSA) is 106 Å². The lowest BCUT2D eigenvalue weighted by molar-refractivity contribution is -0.118. The summed E-state index contributed by atoms with van der Waals surface area (Å²) in [5.41, 5.74) is -0.855. The lowest BCUT2D eigenvalue weighted by Gasteiger charge is -2.21. The van der Waals surface area contributed by atoms with Crippen LogP contribution in [-0.4, -0.2) is 43.3 Å². The van der Waals surface area contributed by atoms with Gasteiger partial charge in [-0.05, 0) is 20.8 Å². The fraction of sp³-hybridized carbons (Fsp3) is 0.500. The van der Waals surface area contributed by atoms with Crippen molar-refractivity contribution in [2.24, 2.45) is 0 Å². The van der Waals surface area contributed by atoms with Gasteiger partial charge in [-0.1, -0.05) is 0 Å². The Balaban J connectivity index is 2.72. The van der Waals surface area contributed by atoms with Gasteiger partial charge in [0.2, 0.25) is 11.8 Å². The van der Waals surface area contributed by atoms with Crippen LogP contribution >= 0.6 is 0 Å². The van der Waals surface area contributed by atoms with E-state index in [1.54, 1.807) is 20.8 Å². The van der Waals surface area contributed by atoms with E-state index in [-0.39, 0.29) is 24.3 Å². The number of nitrogens with one attached hydrogen (secondary N) is 3. The van der Waals surface area contributed by atoms with Crippen LogP contribution in [0.3, 0.4) is 0 Å². The third-order valence-electron chi connectivity index (χ3n) is 3.26. The molecule has 3 amide bonds. The summed E-state index contributed by atoms with van der Waals surface area (Å²) in [6.45, 7) is 6.32. The van der Waals surface area contributed by atoms with Crippen LogP contribution in [0.15, 0.2) is 12.1 Å². The van der Waals surface area contributed by atoms with Crippen LogP contribution in [0, 0.1) is 11.6 Å². The number of hydrogen-bond acceptors (Lipinski definition) is 5. The molecule has 0 fully saturated rings. The van der Waals surface area contributed by atoms with E-state index in [1.165, 1.54) is 14.0 Å². The van der Waals surface area contributed by atoms with E-state index >= 15 is 0 Å². The van der Waals surface area contributed by atoms with Crippen LogP contribution in [-0.2, 0) is 19.1 Å². The Kier molecular flexibility index (Phi) is 8.30. The maximum absolute atomic E-state index is 13.5. The molecule has 0 aromatic heterocycles. The molecule has 1 aromatic rings. The van der Waals surface area contributed by atoms with Gasteiger partial charge in [-0.25, -0.2) is 13.6 Å². The highest BCUT2D eigenvalue weighted by Crippen LogP contribution is 2.25. The third kappa shape index (κ3) is 8.30. The Labute approximate surface area is 162 Å².